The van der Waals surface area contributed by atoms with Crippen molar-refractivity contribution in [2.75, 3.05) is 0 Å². The number of nitrogens with zero attached hydrogens (tertiary/aromatic N) is 2. The standard InChI is InChI=1S/C19H18N2O/c1-14-8-10-20-18(12-14)19-13-16(9-11-21-19)3-2-15-4-6-17(22)7-5-15/h4-13,22H,2-3H2,1H3. The third-order valence-electron chi connectivity index (χ3n) is 3.64. The van der Waals surface area contributed by atoms with Crippen molar-refractivity contribution in [2.24, 2.45) is 0 Å². The minimum atomic E-state index is 0.306. The van der Waals surface area contributed by atoms with Gasteiger partial charge < -0.3 is 5.11 Å². The summed E-state index contributed by atoms with van der Waals surface area (Å²) in [6.07, 6.45) is 5.53. The van der Waals surface area contributed by atoms with Crippen molar-refractivity contribution in [3.63, 3.8) is 0 Å². The fraction of sp³-hybridized carbons (Fsp3) is 0.158. The molecule has 0 spiro atoms. The molecule has 22 heavy (non-hydrogen) atoms. The highest BCUT2D eigenvalue weighted by Crippen LogP contribution is 2.18. The molecule has 0 bridgehead atoms. The first kappa shape index (κ1) is 14.3. The van der Waals surface area contributed by atoms with E-state index in [0.717, 1.165) is 24.2 Å². The number of phenols is 1. The Morgan fingerprint density at radius 2 is 1.41 bits per heavy atom. The van der Waals surface area contributed by atoms with Crippen LogP contribution in [0.25, 0.3) is 11.4 Å². The first-order valence-corrected chi connectivity index (χ1v) is 7.36. The van der Waals surface area contributed by atoms with Crippen molar-refractivity contribution in [3.8, 4) is 17.1 Å². The SMILES string of the molecule is Cc1ccnc(-c2cc(CCc3ccc(O)cc3)ccn2)c1. The van der Waals surface area contributed by atoms with E-state index in [1.807, 2.05) is 42.7 Å². The monoisotopic (exact) mass is 290 g/mol. The summed E-state index contributed by atoms with van der Waals surface area (Å²) >= 11 is 0. The zero-order valence-electron chi connectivity index (χ0n) is 12.5. The normalized spacial score (nSPS) is 10.6. The molecule has 110 valence electrons. The van der Waals surface area contributed by atoms with Gasteiger partial charge in [-0.2, -0.15) is 0 Å². The first-order chi connectivity index (χ1) is 10.7. The van der Waals surface area contributed by atoms with Crippen molar-refractivity contribution in [3.05, 3.63) is 77.6 Å². The van der Waals surface area contributed by atoms with E-state index in [4.69, 9.17) is 0 Å². The summed E-state index contributed by atoms with van der Waals surface area (Å²) in [5, 5.41) is 9.31. The topological polar surface area (TPSA) is 46.0 Å². The molecule has 0 radical (unpaired) electrons. The van der Waals surface area contributed by atoms with E-state index >= 15 is 0 Å². The molecule has 3 rings (SSSR count). The number of hydrogen-bond donors (Lipinski definition) is 1. The van der Waals surface area contributed by atoms with Crippen molar-refractivity contribution in [1.29, 1.82) is 0 Å². The summed E-state index contributed by atoms with van der Waals surface area (Å²) in [4.78, 5) is 8.81. The molecular weight excluding hydrogens is 272 g/mol. The molecule has 2 aromatic heterocycles. The van der Waals surface area contributed by atoms with E-state index < -0.39 is 0 Å². The smallest absolute Gasteiger partial charge is 0.115 e. The third-order valence-corrected chi connectivity index (χ3v) is 3.64. The molecule has 0 amide bonds. The van der Waals surface area contributed by atoms with E-state index in [0.29, 0.717) is 5.75 Å². The molecule has 3 heteroatoms. The molecular formula is C19H18N2O. The lowest BCUT2D eigenvalue weighted by Crippen LogP contribution is -1.94. The Morgan fingerprint density at radius 1 is 0.773 bits per heavy atom. The Morgan fingerprint density at radius 3 is 2.14 bits per heavy atom. The molecule has 0 fully saturated rings. The molecule has 0 aliphatic rings. The van der Waals surface area contributed by atoms with Crippen LogP contribution in [0, 0.1) is 6.92 Å². The van der Waals surface area contributed by atoms with Gasteiger partial charge in [-0.3, -0.25) is 9.97 Å². The van der Waals surface area contributed by atoms with E-state index in [1.54, 1.807) is 12.1 Å². The molecule has 0 atom stereocenters. The van der Waals surface area contributed by atoms with E-state index in [2.05, 4.69) is 23.0 Å². The maximum atomic E-state index is 9.31. The lowest BCUT2D eigenvalue weighted by atomic mass is 10.0. The number of aryl methyl sites for hydroxylation is 3. The minimum Gasteiger partial charge on any atom is -0.508 e. The fourth-order valence-corrected chi connectivity index (χ4v) is 2.40. The molecule has 0 aliphatic carbocycles. The minimum absolute atomic E-state index is 0.306. The van der Waals surface area contributed by atoms with Crippen LogP contribution >= 0.6 is 0 Å². The van der Waals surface area contributed by atoms with Gasteiger partial charge in [-0.15, -0.1) is 0 Å². The predicted octanol–water partition coefficient (Wildman–Crippen LogP) is 3.94. The molecule has 1 aromatic carbocycles. The zero-order chi connectivity index (χ0) is 15.4. The van der Waals surface area contributed by atoms with Crippen LogP contribution in [0.4, 0.5) is 0 Å². The zero-order valence-corrected chi connectivity index (χ0v) is 12.5. The van der Waals surface area contributed by atoms with Gasteiger partial charge >= 0.3 is 0 Å². The molecule has 0 unspecified atom stereocenters. The van der Waals surface area contributed by atoms with Gasteiger partial charge in [0, 0.05) is 12.4 Å². The van der Waals surface area contributed by atoms with Gasteiger partial charge in [0.05, 0.1) is 11.4 Å². The number of phenolic OH excluding ortho intramolecular Hbond substituents is 1. The Kier molecular flexibility index (Phi) is 4.15. The quantitative estimate of drug-likeness (QED) is 0.791. The van der Waals surface area contributed by atoms with Crippen LogP contribution in [0.15, 0.2) is 60.9 Å². The van der Waals surface area contributed by atoms with Crippen LogP contribution in [0.2, 0.25) is 0 Å². The van der Waals surface area contributed by atoms with Crippen LogP contribution in [0.1, 0.15) is 16.7 Å². The number of aromatic hydroxyl groups is 1. The van der Waals surface area contributed by atoms with Crippen molar-refractivity contribution < 1.29 is 5.11 Å². The first-order valence-electron chi connectivity index (χ1n) is 7.36. The summed E-state index contributed by atoms with van der Waals surface area (Å²) in [6.45, 7) is 2.06. The molecule has 1 N–H and O–H groups in total. The highest BCUT2D eigenvalue weighted by molar-refractivity contribution is 5.55. The van der Waals surface area contributed by atoms with Crippen molar-refractivity contribution in [2.45, 2.75) is 19.8 Å². The Bertz CT molecular complexity index is 766. The average Bonchev–Trinajstić information content (AvgIpc) is 2.55. The van der Waals surface area contributed by atoms with Gasteiger partial charge in [-0.25, -0.2) is 0 Å². The summed E-state index contributed by atoms with van der Waals surface area (Å²) in [5.41, 5.74) is 5.45. The molecule has 0 aliphatic heterocycles. The molecule has 3 aromatic rings. The van der Waals surface area contributed by atoms with Crippen LogP contribution in [-0.2, 0) is 12.8 Å². The lowest BCUT2D eigenvalue weighted by molar-refractivity contribution is 0.475. The fourth-order valence-electron chi connectivity index (χ4n) is 2.40. The van der Waals surface area contributed by atoms with E-state index in [1.165, 1.54) is 16.7 Å². The van der Waals surface area contributed by atoms with Crippen LogP contribution in [0.3, 0.4) is 0 Å². The van der Waals surface area contributed by atoms with Crippen LogP contribution < -0.4 is 0 Å². The maximum Gasteiger partial charge on any atom is 0.115 e. The second-order valence-corrected chi connectivity index (χ2v) is 5.43. The average molecular weight is 290 g/mol. The summed E-state index contributed by atoms with van der Waals surface area (Å²) in [7, 11) is 0. The Balaban J connectivity index is 1.75. The highest BCUT2D eigenvalue weighted by atomic mass is 16.3. The summed E-state index contributed by atoms with van der Waals surface area (Å²) in [6, 6.07) is 15.5. The van der Waals surface area contributed by atoms with Crippen LogP contribution in [0.5, 0.6) is 5.75 Å². The molecule has 3 nitrogen and oxygen atoms in total. The van der Waals surface area contributed by atoms with Gasteiger partial charge in [0.15, 0.2) is 0 Å². The maximum absolute atomic E-state index is 9.31. The highest BCUT2D eigenvalue weighted by Gasteiger charge is 2.03. The van der Waals surface area contributed by atoms with E-state index in [-0.39, 0.29) is 0 Å². The Hall–Kier alpha value is -2.68. The Labute approximate surface area is 130 Å². The van der Waals surface area contributed by atoms with Gasteiger partial charge in [0.2, 0.25) is 0 Å². The third kappa shape index (κ3) is 3.50. The number of benzene rings is 1. The van der Waals surface area contributed by atoms with E-state index in [9.17, 15) is 5.11 Å². The van der Waals surface area contributed by atoms with Crippen LogP contribution in [-0.4, -0.2) is 15.1 Å². The van der Waals surface area contributed by atoms with Crippen molar-refractivity contribution >= 4 is 0 Å². The number of hydrogen-bond acceptors (Lipinski definition) is 3. The second-order valence-electron chi connectivity index (χ2n) is 5.43. The summed E-state index contributed by atoms with van der Waals surface area (Å²) < 4.78 is 0. The molecule has 2 heterocycles. The molecule has 0 saturated carbocycles. The van der Waals surface area contributed by atoms with Gasteiger partial charge in [-0.1, -0.05) is 12.1 Å². The number of rotatable bonds is 4. The number of aromatic nitrogens is 2. The largest absolute Gasteiger partial charge is 0.508 e. The molecule has 0 saturated heterocycles. The van der Waals surface area contributed by atoms with Crippen molar-refractivity contribution in [1.82, 2.24) is 9.97 Å². The van der Waals surface area contributed by atoms with Gasteiger partial charge in [0.1, 0.15) is 5.75 Å². The summed E-state index contributed by atoms with van der Waals surface area (Å²) in [5.74, 6) is 0.306. The lowest BCUT2D eigenvalue weighted by Gasteiger charge is -2.05. The number of pyridine rings is 2. The van der Waals surface area contributed by atoms with Gasteiger partial charge in [0.25, 0.3) is 0 Å². The van der Waals surface area contributed by atoms with Gasteiger partial charge in [-0.05, 0) is 72.9 Å². The predicted molar refractivity (Wildman–Crippen MR) is 87.7 cm³/mol. The second kappa shape index (κ2) is 6.39.